The summed E-state index contributed by atoms with van der Waals surface area (Å²) in [5.74, 6) is -0.972. The Morgan fingerprint density at radius 1 is 1.37 bits per heavy atom. The highest BCUT2D eigenvalue weighted by atomic mass is 16.4. The third kappa shape index (κ3) is 4.58. The van der Waals surface area contributed by atoms with Crippen LogP contribution in [0.5, 0.6) is 0 Å². The lowest BCUT2D eigenvalue weighted by Crippen LogP contribution is -2.55. The fourth-order valence-electron chi connectivity index (χ4n) is 2.10. The molecule has 2 amide bonds. The molecule has 0 bridgehead atoms. The molecule has 19 heavy (non-hydrogen) atoms. The van der Waals surface area contributed by atoms with E-state index < -0.39 is 11.5 Å². The van der Waals surface area contributed by atoms with Crippen LogP contribution < -0.4 is 5.32 Å². The van der Waals surface area contributed by atoms with Crippen molar-refractivity contribution in [1.29, 1.82) is 0 Å². The van der Waals surface area contributed by atoms with Crippen LogP contribution in [0.25, 0.3) is 0 Å². The summed E-state index contributed by atoms with van der Waals surface area (Å²) < 4.78 is 0. The number of rotatable bonds is 7. The van der Waals surface area contributed by atoms with Gasteiger partial charge in [0.15, 0.2) is 0 Å². The van der Waals surface area contributed by atoms with Crippen LogP contribution in [0.2, 0.25) is 0 Å². The van der Waals surface area contributed by atoms with Gasteiger partial charge in [-0.2, -0.15) is 0 Å². The van der Waals surface area contributed by atoms with Gasteiger partial charge in [0.1, 0.15) is 5.54 Å². The van der Waals surface area contributed by atoms with E-state index >= 15 is 0 Å². The average molecular weight is 268 g/mol. The Morgan fingerprint density at radius 2 is 2.11 bits per heavy atom. The first-order valence-electron chi connectivity index (χ1n) is 6.98. The predicted molar refractivity (Wildman–Crippen MR) is 73.8 cm³/mol. The van der Waals surface area contributed by atoms with Crippen molar-refractivity contribution in [3.05, 3.63) is 12.3 Å². The van der Waals surface area contributed by atoms with Gasteiger partial charge in [-0.3, -0.25) is 0 Å². The first kappa shape index (κ1) is 15.5. The van der Waals surface area contributed by atoms with Crippen molar-refractivity contribution in [2.45, 2.75) is 57.9 Å². The highest BCUT2D eigenvalue weighted by molar-refractivity contribution is 5.86. The number of amides is 2. The van der Waals surface area contributed by atoms with Gasteiger partial charge in [-0.05, 0) is 19.8 Å². The van der Waals surface area contributed by atoms with E-state index in [1.54, 1.807) is 13.1 Å². The van der Waals surface area contributed by atoms with Crippen LogP contribution in [0.1, 0.15) is 52.4 Å². The number of carbonyl (C=O) groups excluding carboxylic acids is 1. The minimum absolute atomic E-state index is 0.325. The largest absolute Gasteiger partial charge is 0.480 e. The number of carboxylic acid groups (broad SMARTS) is 1. The van der Waals surface area contributed by atoms with Crippen molar-refractivity contribution in [3.8, 4) is 0 Å². The molecule has 1 heterocycles. The van der Waals surface area contributed by atoms with Crippen molar-refractivity contribution in [2.75, 3.05) is 6.54 Å². The van der Waals surface area contributed by atoms with E-state index in [9.17, 15) is 14.7 Å². The molecular weight excluding hydrogens is 244 g/mol. The lowest BCUT2D eigenvalue weighted by molar-refractivity contribution is -0.144. The fraction of sp³-hybridized carbons (Fsp3) is 0.714. The molecule has 1 atom stereocenters. The van der Waals surface area contributed by atoms with E-state index in [-0.39, 0.29) is 6.03 Å². The number of hydrogen-bond acceptors (Lipinski definition) is 2. The maximum absolute atomic E-state index is 12.0. The quantitative estimate of drug-likeness (QED) is 0.697. The Hall–Kier alpha value is -1.52. The topological polar surface area (TPSA) is 69.6 Å². The van der Waals surface area contributed by atoms with Crippen molar-refractivity contribution >= 4 is 12.0 Å². The molecule has 0 aromatic carbocycles. The molecule has 0 saturated heterocycles. The average Bonchev–Trinajstić information content (AvgIpc) is 2.88. The van der Waals surface area contributed by atoms with Gasteiger partial charge in [-0.25, -0.2) is 9.59 Å². The molecule has 1 rings (SSSR count). The molecule has 0 aromatic rings. The van der Waals surface area contributed by atoms with Gasteiger partial charge in [-0.15, -0.1) is 0 Å². The van der Waals surface area contributed by atoms with Gasteiger partial charge in [0.2, 0.25) is 0 Å². The number of urea groups is 1. The number of nitrogens with zero attached hydrogens (tertiary/aromatic N) is 1. The monoisotopic (exact) mass is 268 g/mol. The van der Waals surface area contributed by atoms with Crippen LogP contribution in [0, 0.1) is 0 Å². The van der Waals surface area contributed by atoms with Crippen molar-refractivity contribution in [1.82, 2.24) is 10.2 Å². The minimum Gasteiger partial charge on any atom is -0.480 e. The maximum Gasteiger partial charge on any atom is 0.329 e. The SMILES string of the molecule is CCCCCCC(C)(NC(=O)N1C=CCC1)C(=O)O. The van der Waals surface area contributed by atoms with Crippen LogP contribution >= 0.6 is 0 Å². The molecule has 0 fully saturated rings. The molecular formula is C14H24N2O3. The summed E-state index contributed by atoms with van der Waals surface area (Å²) >= 11 is 0. The summed E-state index contributed by atoms with van der Waals surface area (Å²) in [7, 11) is 0. The van der Waals surface area contributed by atoms with E-state index in [0.29, 0.717) is 13.0 Å². The van der Waals surface area contributed by atoms with Gasteiger partial charge in [0.25, 0.3) is 0 Å². The highest BCUT2D eigenvalue weighted by Crippen LogP contribution is 2.17. The van der Waals surface area contributed by atoms with E-state index in [1.165, 1.54) is 4.90 Å². The molecule has 1 unspecified atom stereocenters. The zero-order valence-corrected chi connectivity index (χ0v) is 11.8. The van der Waals surface area contributed by atoms with Gasteiger partial charge in [-0.1, -0.05) is 38.7 Å². The molecule has 1 aliphatic rings. The van der Waals surface area contributed by atoms with Crippen LogP contribution in [0.4, 0.5) is 4.79 Å². The number of nitrogens with one attached hydrogen (secondary N) is 1. The van der Waals surface area contributed by atoms with E-state index in [4.69, 9.17) is 0 Å². The zero-order chi connectivity index (χ0) is 14.3. The summed E-state index contributed by atoms with van der Waals surface area (Å²) in [6.45, 7) is 4.31. The summed E-state index contributed by atoms with van der Waals surface area (Å²) in [6.07, 6.45) is 8.91. The van der Waals surface area contributed by atoms with E-state index in [0.717, 1.165) is 32.1 Å². The van der Waals surface area contributed by atoms with Gasteiger partial charge >= 0.3 is 12.0 Å². The summed E-state index contributed by atoms with van der Waals surface area (Å²) in [5, 5.41) is 12.0. The predicted octanol–water partition coefficient (Wildman–Crippen LogP) is 2.73. The molecule has 0 saturated carbocycles. The van der Waals surface area contributed by atoms with Crippen molar-refractivity contribution < 1.29 is 14.7 Å². The molecule has 108 valence electrons. The number of unbranched alkanes of at least 4 members (excludes halogenated alkanes) is 3. The number of carbonyl (C=O) groups is 2. The van der Waals surface area contributed by atoms with Crippen molar-refractivity contribution in [3.63, 3.8) is 0 Å². The highest BCUT2D eigenvalue weighted by Gasteiger charge is 2.35. The third-order valence-corrected chi connectivity index (χ3v) is 3.47. The minimum atomic E-state index is -1.18. The first-order valence-corrected chi connectivity index (χ1v) is 6.98. The van der Waals surface area contributed by atoms with Crippen LogP contribution in [0.3, 0.4) is 0 Å². The lowest BCUT2D eigenvalue weighted by Gasteiger charge is -2.28. The zero-order valence-electron chi connectivity index (χ0n) is 11.8. The Morgan fingerprint density at radius 3 is 2.63 bits per heavy atom. The second-order valence-electron chi connectivity index (χ2n) is 5.24. The van der Waals surface area contributed by atoms with Gasteiger partial charge in [0, 0.05) is 12.7 Å². The molecule has 0 aliphatic carbocycles. The smallest absolute Gasteiger partial charge is 0.329 e. The van der Waals surface area contributed by atoms with E-state index in [2.05, 4.69) is 12.2 Å². The molecule has 1 aliphatic heterocycles. The molecule has 0 aromatic heterocycles. The van der Waals surface area contributed by atoms with Gasteiger partial charge < -0.3 is 15.3 Å². The summed E-state index contributed by atoms with van der Waals surface area (Å²) in [6, 6.07) is -0.325. The molecule has 2 N–H and O–H groups in total. The Balaban J connectivity index is 2.52. The van der Waals surface area contributed by atoms with E-state index in [1.807, 2.05) is 6.08 Å². The number of carboxylic acids is 1. The molecule has 5 nitrogen and oxygen atoms in total. The fourth-order valence-corrected chi connectivity index (χ4v) is 2.10. The maximum atomic E-state index is 12.0. The number of hydrogen-bond donors (Lipinski definition) is 2. The molecule has 0 radical (unpaired) electrons. The van der Waals surface area contributed by atoms with Crippen LogP contribution in [-0.4, -0.2) is 34.1 Å². The number of aliphatic carboxylic acids is 1. The van der Waals surface area contributed by atoms with Crippen molar-refractivity contribution in [2.24, 2.45) is 0 Å². The standard InChI is InChI=1S/C14H24N2O3/c1-3-4-5-6-9-14(2,12(17)18)15-13(19)16-10-7-8-11-16/h7,10H,3-6,8-9,11H2,1-2H3,(H,15,19)(H,17,18). The second-order valence-corrected chi connectivity index (χ2v) is 5.24. The lowest BCUT2D eigenvalue weighted by atomic mass is 9.94. The van der Waals surface area contributed by atoms with Gasteiger partial charge in [0.05, 0.1) is 0 Å². The van der Waals surface area contributed by atoms with Crippen LogP contribution in [0.15, 0.2) is 12.3 Å². The third-order valence-electron chi connectivity index (χ3n) is 3.47. The summed E-state index contributed by atoms with van der Waals surface area (Å²) in [5.41, 5.74) is -1.18. The molecule has 0 spiro atoms. The summed E-state index contributed by atoms with van der Waals surface area (Å²) in [4.78, 5) is 24.9. The normalized spacial score (nSPS) is 17.3. The second kappa shape index (κ2) is 7.16. The Kier molecular flexibility index (Phi) is 5.86. The molecule has 5 heteroatoms. The van der Waals surface area contributed by atoms with Crippen LogP contribution in [-0.2, 0) is 4.79 Å². The Bertz CT molecular complexity index is 355. The first-order chi connectivity index (χ1) is 8.99. The Labute approximate surface area is 114 Å².